The molecule has 2 amide bonds. The predicted molar refractivity (Wildman–Crippen MR) is 120 cm³/mol. The molecule has 9 heteroatoms. The first-order chi connectivity index (χ1) is 15.2. The Morgan fingerprint density at radius 3 is 2.31 bits per heavy atom. The molecule has 3 aromatic rings. The molecular weight excluding hydrogens is 433 g/mol. The van der Waals surface area contributed by atoms with Gasteiger partial charge in [-0.2, -0.15) is 0 Å². The van der Waals surface area contributed by atoms with Crippen molar-refractivity contribution in [1.29, 1.82) is 0 Å². The van der Waals surface area contributed by atoms with Crippen molar-refractivity contribution in [3.8, 4) is 0 Å². The summed E-state index contributed by atoms with van der Waals surface area (Å²) in [7, 11) is 0. The smallest absolute Gasteiger partial charge is 0.284 e. The molecule has 32 heavy (non-hydrogen) atoms. The van der Waals surface area contributed by atoms with Crippen LogP contribution in [0.15, 0.2) is 76.5 Å². The lowest BCUT2D eigenvalue weighted by molar-refractivity contribution is -0.387. The van der Waals surface area contributed by atoms with E-state index < -0.39 is 22.6 Å². The highest BCUT2D eigenvalue weighted by molar-refractivity contribution is 7.99. The summed E-state index contributed by atoms with van der Waals surface area (Å²) in [4.78, 5) is 38.1. The number of aryl methyl sites for hydroxylation is 1. The molecule has 0 aliphatic rings. The number of nitrogens with zero attached hydrogens (tertiary/aromatic N) is 2. The number of benzene rings is 3. The highest BCUT2D eigenvalue weighted by Crippen LogP contribution is 2.36. The van der Waals surface area contributed by atoms with E-state index in [1.807, 2.05) is 31.2 Å². The van der Waals surface area contributed by atoms with Crippen LogP contribution in [0.2, 0.25) is 0 Å². The molecule has 0 bridgehead atoms. The van der Waals surface area contributed by atoms with Crippen LogP contribution in [0.4, 0.5) is 15.8 Å². The number of halogens is 1. The lowest BCUT2D eigenvalue weighted by atomic mass is 10.1. The van der Waals surface area contributed by atoms with Crippen molar-refractivity contribution in [2.75, 3.05) is 11.4 Å². The number of carbonyl (C=O) groups excluding carboxylic acids is 2. The first kappa shape index (κ1) is 23.0. The Bertz CT molecular complexity index is 1150. The van der Waals surface area contributed by atoms with Crippen molar-refractivity contribution in [3.63, 3.8) is 0 Å². The van der Waals surface area contributed by atoms with E-state index in [4.69, 9.17) is 5.73 Å². The maximum atomic E-state index is 13.3. The molecule has 0 aliphatic carbocycles. The lowest BCUT2D eigenvalue weighted by Gasteiger charge is -2.22. The minimum absolute atomic E-state index is 0.0482. The van der Waals surface area contributed by atoms with Crippen molar-refractivity contribution >= 4 is 35.0 Å². The number of nitrogens with two attached hydrogens (primary N) is 1. The molecule has 0 heterocycles. The highest BCUT2D eigenvalue weighted by Gasteiger charge is 2.23. The van der Waals surface area contributed by atoms with Crippen LogP contribution in [0.25, 0.3) is 0 Å². The molecule has 0 unspecified atom stereocenters. The summed E-state index contributed by atoms with van der Waals surface area (Å²) in [6.07, 6.45) is -0.118. The number of nitro benzene ring substituents is 1. The largest absolute Gasteiger partial charge is 0.370 e. The SMILES string of the molecule is Cc1ccc(Sc2ccc(C(=O)N(CCC(N)=O)c3ccc(F)cc3)cc2[N+](=O)[O-])cc1. The average molecular weight is 453 g/mol. The zero-order valence-electron chi connectivity index (χ0n) is 17.2. The molecule has 3 rings (SSSR count). The van der Waals surface area contributed by atoms with Gasteiger partial charge < -0.3 is 10.6 Å². The number of carbonyl (C=O) groups is 2. The van der Waals surface area contributed by atoms with Gasteiger partial charge in [-0.25, -0.2) is 4.39 Å². The summed E-state index contributed by atoms with van der Waals surface area (Å²) >= 11 is 1.22. The van der Waals surface area contributed by atoms with E-state index in [0.29, 0.717) is 10.6 Å². The second-order valence-electron chi connectivity index (χ2n) is 7.00. The molecule has 0 radical (unpaired) electrons. The summed E-state index contributed by atoms with van der Waals surface area (Å²) in [6.45, 7) is 1.90. The van der Waals surface area contributed by atoms with Crippen LogP contribution in [0.5, 0.6) is 0 Å². The maximum Gasteiger partial charge on any atom is 0.284 e. The first-order valence-electron chi connectivity index (χ1n) is 9.63. The summed E-state index contributed by atoms with van der Waals surface area (Å²) in [5.74, 6) is -1.65. The summed E-state index contributed by atoms with van der Waals surface area (Å²) < 4.78 is 13.3. The number of amides is 2. The Balaban J connectivity index is 1.94. The topological polar surface area (TPSA) is 107 Å². The quantitative estimate of drug-likeness (QED) is 0.392. The van der Waals surface area contributed by atoms with E-state index in [-0.39, 0.29) is 24.2 Å². The summed E-state index contributed by atoms with van der Waals surface area (Å²) in [5, 5.41) is 11.7. The number of rotatable bonds is 8. The van der Waals surface area contributed by atoms with E-state index >= 15 is 0 Å². The average Bonchev–Trinajstić information content (AvgIpc) is 2.76. The third-order valence-electron chi connectivity index (χ3n) is 4.62. The first-order valence-corrected chi connectivity index (χ1v) is 10.4. The van der Waals surface area contributed by atoms with Crippen molar-refractivity contribution < 1.29 is 18.9 Å². The molecule has 0 saturated carbocycles. The third-order valence-corrected chi connectivity index (χ3v) is 5.69. The molecular formula is C23H20FN3O4S. The standard InChI is InChI=1S/C23H20FN3O4S/c1-15-2-9-19(10-3-15)32-21-11-4-16(14-20(21)27(30)31)23(29)26(13-12-22(25)28)18-7-5-17(24)6-8-18/h2-11,14H,12-13H2,1H3,(H2,25,28). The minimum Gasteiger partial charge on any atom is -0.370 e. The number of nitro groups is 1. The van der Waals surface area contributed by atoms with Gasteiger partial charge >= 0.3 is 0 Å². The van der Waals surface area contributed by atoms with E-state index in [1.165, 1.54) is 59.1 Å². The van der Waals surface area contributed by atoms with Crippen LogP contribution in [0.1, 0.15) is 22.3 Å². The van der Waals surface area contributed by atoms with Gasteiger partial charge in [0.25, 0.3) is 11.6 Å². The van der Waals surface area contributed by atoms with Gasteiger partial charge in [-0.3, -0.25) is 19.7 Å². The predicted octanol–water partition coefficient (Wildman–Crippen LogP) is 4.72. The Labute approximate surface area is 188 Å². The van der Waals surface area contributed by atoms with Crippen LogP contribution >= 0.6 is 11.8 Å². The van der Waals surface area contributed by atoms with Crippen LogP contribution < -0.4 is 10.6 Å². The van der Waals surface area contributed by atoms with Gasteiger partial charge in [-0.05, 0) is 55.5 Å². The van der Waals surface area contributed by atoms with Crippen LogP contribution in [0.3, 0.4) is 0 Å². The molecule has 0 aromatic heterocycles. The fourth-order valence-electron chi connectivity index (χ4n) is 2.96. The Morgan fingerprint density at radius 1 is 1.06 bits per heavy atom. The fraction of sp³-hybridized carbons (Fsp3) is 0.130. The highest BCUT2D eigenvalue weighted by atomic mass is 32.2. The van der Waals surface area contributed by atoms with Gasteiger partial charge in [0.2, 0.25) is 5.91 Å². The summed E-state index contributed by atoms with van der Waals surface area (Å²) in [5.41, 5.74) is 6.49. The monoisotopic (exact) mass is 453 g/mol. The van der Waals surface area contributed by atoms with Crippen molar-refractivity contribution in [2.45, 2.75) is 23.1 Å². The molecule has 3 aromatic carbocycles. The Hall–Kier alpha value is -3.72. The minimum atomic E-state index is -0.610. The van der Waals surface area contributed by atoms with E-state index in [9.17, 15) is 24.1 Å². The lowest BCUT2D eigenvalue weighted by Crippen LogP contribution is -2.34. The molecule has 0 atom stereocenters. The Kier molecular flexibility index (Phi) is 7.21. The van der Waals surface area contributed by atoms with Crippen LogP contribution in [-0.2, 0) is 4.79 Å². The Morgan fingerprint density at radius 2 is 1.72 bits per heavy atom. The second kappa shape index (κ2) is 10.1. The number of hydrogen-bond acceptors (Lipinski definition) is 5. The maximum absolute atomic E-state index is 13.3. The molecule has 0 fully saturated rings. The number of hydrogen-bond donors (Lipinski definition) is 1. The molecule has 2 N–H and O–H groups in total. The van der Waals surface area contributed by atoms with Gasteiger partial charge in [0.1, 0.15) is 5.82 Å². The van der Waals surface area contributed by atoms with Crippen molar-refractivity contribution in [2.24, 2.45) is 5.73 Å². The normalized spacial score (nSPS) is 10.6. The zero-order valence-corrected chi connectivity index (χ0v) is 18.0. The van der Waals surface area contributed by atoms with Gasteiger partial charge in [0.15, 0.2) is 0 Å². The zero-order chi connectivity index (χ0) is 23.3. The molecule has 0 saturated heterocycles. The van der Waals surface area contributed by atoms with E-state index in [0.717, 1.165) is 10.5 Å². The molecule has 0 aliphatic heterocycles. The second-order valence-corrected chi connectivity index (χ2v) is 8.12. The van der Waals surface area contributed by atoms with Gasteiger partial charge in [-0.1, -0.05) is 29.5 Å². The van der Waals surface area contributed by atoms with Gasteiger partial charge in [0.05, 0.1) is 9.82 Å². The molecule has 0 spiro atoms. The van der Waals surface area contributed by atoms with Gasteiger partial charge in [-0.15, -0.1) is 0 Å². The van der Waals surface area contributed by atoms with E-state index in [2.05, 4.69) is 0 Å². The molecule has 7 nitrogen and oxygen atoms in total. The fourth-order valence-corrected chi connectivity index (χ4v) is 3.86. The number of primary amides is 1. The van der Waals surface area contributed by atoms with Crippen molar-refractivity contribution in [1.82, 2.24) is 0 Å². The van der Waals surface area contributed by atoms with Crippen LogP contribution in [-0.4, -0.2) is 23.3 Å². The van der Waals surface area contributed by atoms with Crippen molar-refractivity contribution in [3.05, 3.63) is 93.8 Å². The van der Waals surface area contributed by atoms with E-state index in [1.54, 1.807) is 0 Å². The number of anilines is 1. The van der Waals surface area contributed by atoms with Gasteiger partial charge in [0, 0.05) is 35.2 Å². The summed E-state index contributed by atoms with van der Waals surface area (Å²) in [6, 6.07) is 16.9. The molecule has 164 valence electrons. The van der Waals surface area contributed by atoms with Crippen LogP contribution in [0, 0.1) is 22.9 Å². The third kappa shape index (κ3) is 5.70.